The number of hydrogen-bond acceptors (Lipinski definition) is 4. The van der Waals surface area contributed by atoms with E-state index in [0.717, 1.165) is 75.8 Å². The van der Waals surface area contributed by atoms with Crippen molar-refractivity contribution in [2.75, 3.05) is 32.7 Å². The van der Waals surface area contributed by atoms with Gasteiger partial charge in [-0.25, -0.2) is 0 Å². The van der Waals surface area contributed by atoms with Crippen molar-refractivity contribution in [2.45, 2.75) is 57.5 Å². The van der Waals surface area contributed by atoms with Crippen molar-refractivity contribution >= 4 is 16.9 Å². The molecule has 0 bridgehead atoms. The largest absolute Gasteiger partial charge is 0.451 e. The normalized spacial score (nSPS) is 21.4. The molecule has 0 unspecified atom stereocenters. The molecule has 2 fully saturated rings. The van der Waals surface area contributed by atoms with Crippen LogP contribution in [0.25, 0.3) is 11.0 Å². The summed E-state index contributed by atoms with van der Waals surface area (Å²) in [4.78, 5) is 17.7. The van der Waals surface area contributed by atoms with Gasteiger partial charge >= 0.3 is 0 Å². The Balaban J connectivity index is 1.27. The van der Waals surface area contributed by atoms with Crippen LogP contribution < -0.4 is 0 Å². The van der Waals surface area contributed by atoms with Crippen LogP contribution >= 0.6 is 0 Å². The van der Waals surface area contributed by atoms with Gasteiger partial charge in [-0.2, -0.15) is 0 Å². The van der Waals surface area contributed by atoms with E-state index in [-0.39, 0.29) is 5.91 Å². The van der Waals surface area contributed by atoms with Crippen molar-refractivity contribution in [2.24, 2.45) is 5.92 Å². The van der Waals surface area contributed by atoms with Crippen LogP contribution in [0.5, 0.6) is 0 Å². The maximum atomic E-state index is 13.3. The van der Waals surface area contributed by atoms with Gasteiger partial charge in [-0.3, -0.25) is 4.79 Å². The number of likely N-dealkylation sites (tertiary alicyclic amines) is 2. The van der Waals surface area contributed by atoms with Gasteiger partial charge in [0, 0.05) is 38.1 Å². The van der Waals surface area contributed by atoms with E-state index < -0.39 is 5.60 Å². The molecule has 1 N–H and O–H groups in total. The molecule has 1 amide bonds. The Kier molecular flexibility index (Phi) is 6.99. The van der Waals surface area contributed by atoms with Crippen molar-refractivity contribution < 1.29 is 14.3 Å². The number of amides is 1. The second kappa shape index (κ2) is 10.2. The third kappa shape index (κ3) is 5.31. The minimum absolute atomic E-state index is 0.0304. The molecule has 5 rings (SSSR count). The van der Waals surface area contributed by atoms with Gasteiger partial charge in [0.15, 0.2) is 5.76 Å². The molecule has 2 saturated heterocycles. The van der Waals surface area contributed by atoms with Crippen molar-refractivity contribution in [1.29, 1.82) is 0 Å². The van der Waals surface area contributed by atoms with Crippen LogP contribution in [0.2, 0.25) is 0 Å². The lowest BCUT2D eigenvalue weighted by Gasteiger charge is -2.39. The van der Waals surface area contributed by atoms with Crippen LogP contribution in [-0.4, -0.2) is 53.5 Å². The maximum Gasteiger partial charge on any atom is 0.289 e. The van der Waals surface area contributed by atoms with Gasteiger partial charge in [0.05, 0.1) is 5.60 Å². The van der Waals surface area contributed by atoms with E-state index in [9.17, 15) is 9.90 Å². The first-order chi connectivity index (χ1) is 16.9. The molecule has 1 aromatic heterocycles. The number of carbonyl (C=O) groups excluding carboxylic acids is 1. The number of nitrogens with zero attached hydrogens (tertiary/aromatic N) is 2. The number of piperidine rings is 1. The zero-order valence-electron chi connectivity index (χ0n) is 21.1. The van der Waals surface area contributed by atoms with E-state index >= 15 is 0 Å². The molecule has 3 aromatic rings. The summed E-state index contributed by atoms with van der Waals surface area (Å²) in [5.74, 6) is 1.50. The smallest absolute Gasteiger partial charge is 0.289 e. The molecular weight excluding hydrogens is 436 g/mol. The van der Waals surface area contributed by atoms with Gasteiger partial charge in [0.25, 0.3) is 5.91 Å². The van der Waals surface area contributed by atoms with Crippen LogP contribution in [0.1, 0.15) is 73.6 Å². The number of rotatable bonds is 5. The Morgan fingerprint density at radius 1 is 1.03 bits per heavy atom. The second-order valence-electron chi connectivity index (χ2n) is 10.9. The van der Waals surface area contributed by atoms with Crippen molar-refractivity contribution in [3.63, 3.8) is 0 Å². The fraction of sp³-hybridized carbons (Fsp3) is 0.500. The molecule has 5 nitrogen and oxygen atoms in total. The van der Waals surface area contributed by atoms with E-state index in [0.29, 0.717) is 23.2 Å². The van der Waals surface area contributed by atoms with E-state index in [1.807, 2.05) is 29.2 Å². The Hall–Kier alpha value is -2.63. The molecule has 5 heteroatoms. The molecule has 1 atom stereocenters. The zero-order chi connectivity index (χ0) is 24.4. The fourth-order valence-electron chi connectivity index (χ4n) is 5.86. The Morgan fingerprint density at radius 2 is 1.80 bits per heavy atom. The first kappa shape index (κ1) is 24.1. The summed E-state index contributed by atoms with van der Waals surface area (Å²) < 4.78 is 5.99. The second-order valence-corrected chi connectivity index (χ2v) is 10.9. The number of benzene rings is 2. The predicted molar refractivity (Wildman–Crippen MR) is 140 cm³/mol. The standard InChI is InChI=1S/C30H38N2O3/c1-22(2)21-31-17-13-30(34,14-18-31)26-10-11-27-25(19-26)20-28(35-27)29(33)32-15-6-9-24(12-16-32)23-7-4-3-5-8-23/h3-5,7-8,10-11,19-20,22,24,34H,6,9,12-18,21H2,1-2H3/t24-/m1/s1. The van der Waals surface area contributed by atoms with Crippen molar-refractivity contribution in [3.8, 4) is 0 Å². The minimum Gasteiger partial charge on any atom is -0.451 e. The van der Waals surface area contributed by atoms with E-state index in [1.165, 1.54) is 5.56 Å². The summed E-state index contributed by atoms with van der Waals surface area (Å²) in [5, 5.41) is 12.3. The van der Waals surface area contributed by atoms with E-state index in [2.05, 4.69) is 49.1 Å². The Morgan fingerprint density at radius 3 is 2.54 bits per heavy atom. The van der Waals surface area contributed by atoms with Gasteiger partial charge in [0.1, 0.15) is 5.58 Å². The number of carbonyl (C=O) groups is 1. The Labute approximate surface area is 208 Å². The third-order valence-electron chi connectivity index (χ3n) is 7.86. The van der Waals surface area contributed by atoms with Crippen LogP contribution in [0.15, 0.2) is 59.0 Å². The first-order valence-corrected chi connectivity index (χ1v) is 13.2. The average molecular weight is 475 g/mol. The summed E-state index contributed by atoms with van der Waals surface area (Å²) in [6.07, 6.45) is 4.53. The number of furan rings is 1. The Bertz CT molecular complexity index is 1140. The molecule has 35 heavy (non-hydrogen) atoms. The molecule has 0 spiro atoms. The van der Waals surface area contributed by atoms with Crippen LogP contribution in [-0.2, 0) is 5.60 Å². The van der Waals surface area contributed by atoms with Gasteiger partial charge in [-0.05, 0) is 73.3 Å². The molecule has 2 aliphatic rings. The molecule has 0 aliphatic carbocycles. The topological polar surface area (TPSA) is 56.9 Å². The molecule has 0 radical (unpaired) electrons. The fourth-order valence-corrected chi connectivity index (χ4v) is 5.86. The first-order valence-electron chi connectivity index (χ1n) is 13.2. The van der Waals surface area contributed by atoms with Gasteiger partial charge in [-0.15, -0.1) is 0 Å². The maximum absolute atomic E-state index is 13.3. The van der Waals surface area contributed by atoms with Crippen LogP contribution in [0, 0.1) is 5.92 Å². The molecule has 186 valence electrons. The highest BCUT2D eigenvalue weighted by Crippen LogP contribution is 2.35. The molecular formula is C30H38N2O3. The highest BCUT2D eigenvalue weighted by molar-refractivity contribution is 5.96. The average Bonchev–Trinajstić information content (AvgIpc) is 3.14. The van der Waals surface area contributed by atoms with Crippen LogP contribution in [0.3, 0.4) is 0 Å². The van der Waals surface area contributed by atoms with Crippen molar-refractivity contribution in [1.82, 2.24) is 9.80 Å². The number of hydrogen-bond donors (Lipinski definition) is 1. The van der Waals surface area contributed by atoms with Crippen molar-refractivity contribution in [3.05, 3.63) is 71.5 Å². The summed E-state index contributed by atoms with van der Waals surface area (Å²) in [6.45, 7) is 8.86. The van der Waals surface area contributed by atoms with E-state index in [1.54, 1.807) is 0 Å². The van der Waals surface area contributed by atoms with Gasteiger partial charge in [0.2, 0.25) is 0 Å². The summed E-state index contributed by atoms with van der Waals surface area (Å²) in [6, 6.07) is 18.4. The van der Waals surface area contributed by atoms with Gasteiger partial charge < -0.3 is 19.3 Å². The molecule has 2 aliphatic heterocycles. The zero-order valence-corrected chi connectivity index (χ0v) is 21.1. The molecule has 0 saturated carbocycles. The predicted octanol–water partition coefficient (Wildman–Crippen LogP) is 5.78. The summed E-state index contributed by atoms with van der Waals surface area (Å²) in [7, 11) is 0. The van der Waals surface area contributed by atoms with E-state index in [4.69, 9.17) is 4.42 Å². The van der Waals surface area contributed by atoms with Gasteiger partial charge in [-0.1, -0.05) is 50.2 Å². The molecule has 3 heterocycles. The summed E-state index contributed by atoms with van der Waals surface area (Å²) in [5.41, 5.74) is 2.18. The van der Waals surface area contributed by atoms with Crippen LogP contribution in [0.4, 0.5) is 0 Å². The number of aliphatic hydroxyl groups is 1. The third-order valence-corrected chi connectivity index (χ3v) is 7.86. The minimum atomic E-state index is -0.819. The monoisotopic (exact) mass is 474 g/mol. The highest BCUT2D eigenvalue weighted by atomic mass is 16.3. The lowest BCUT2D eigenvalue weighted by atomic mass is 9.84. The summed E-state index contributed by atoms with van der Waals surface area (Å²) >= 11 is 0. The molecule has 2 aromatic carbocycles. The lowest BCUT2D eigenvalue weighted by molar-refractivity contribution is -0.0278. The number of fused-ring (bicyclic) bond motifs is 1. The SMILES string of the molecule is CC(C)CN1CCC(O)(c2ccc3oc(C(=O)N4CCC[C@@H](c5ccccc5)CC4)cc3c2)CC1. The highest BCUT2D eigenvalue weighted by Gasteiger charge is 2.34. The lowest BCUT2D eigenvalue weighted by Crippen LogP contribution is -2.43. The quantitative estimate of drug-likeness (QED) is 0.509.